The van der Waals surface area contributed by atoms with Crippen LogP contribution in [0.1, 0.15) is 25.0 Å². The van der Waals surface area contributed by atoms with Crippen molar-refractivity contribution < 1.29 is 4.74 Å². The van der Waals surface area contributed by atoms with Crippen LogP contribution in [-0.2, 0) is 6.54 Å². The maximum absolute atomic E-state index is 5.82. The van der Waals surface area contributed by atoms with Crippen molar-refractivity contribution in [3.63, 3.8) is 0 Å². The molecule has 2 aromatic rings. The zero-order valence-corrected chi connectivity index (χ0v) is 16.4. The van der Waals surface area contributed by atoms with E-state index in [-0.39, 0.29) is 5.11 Å². The van der Waals surface area contributed by atoms with Crippen molar-refractivity contribution in [1.82, 2.24) is 5.01 Å². The van der Waals surface area contributed by atoms with Crippen molar-refractivity contribution in [3.8, 4) is 5.75 Å². The SMILES string of the molecule is CCN(CC)c1ccc(/C=N/N(Cc2ccc(OC)cc2)C(N)=S)cc1. The van der Waals surface area contributed by atoms with Crippen molar-refractivity contribution in [2.75, 3.05) is 25.1 Å². The fourth-order valence-electron chi connectivity index (χ4n) is 2.58. The summed E-state index contributed by atoms with van der Waals surface area (Å²) in [4.78, 5) is 2.30. The summed E-state index contributed by atoms with van der Waals surface area (Å²) in [7, 11) is 1.64. The van der Waals surface area contributed by atoms with Gasteiger partial charge in [-0.3, -0.25) is 0 Å². The Hall–Kier alpha value is -2.60. The minimum Gasteiger partial charge on any atom is -0.497 e. The molecule has 0 saturated heterocycles. The number of anilines is 1. The lowest BCUT2D eigenvalue weighted by molar-refractivity contribution is 0.413. The number of methoxy groups -OCH3 is 1. The predicted octanol–water partition coefficient (Wildman–Crippen LogP) is 3.62. The third kappa shape index (κ3) is 5.46. The van der Waals surface area contributed by atoms with Crippen LogP contribution < -0.4 is 15.4 Å². The fourth-order valence-corrected chi connectivity index (χ4v) is 2.69. The van der Waals surface area contributed by atoms with E-state index in [1.165, 1.54) is 5.69 Å². The van der Waals surface area contributed by atoms with Gasteiger partial charge in [0.15, 0.2) is 5.11 Å². The van der Waals surface area contributed by atoms with Crippen LogP contribution in [0.25, 0.3) is 0 Å². The Kier molecular flexibility index (Phi) is 7.41. The third-order valence-electron chi connectivity index (χ3n) is 4.11. The number of nitrogens with two attached hydrogens (primary N) is 1. The van der Waals surface area contributed by atoms with Gasteiger partial charge in [0, 0.05) is 18.8 Å². The quantitative estimate of drug-likeness (QED) is 0.437. The molecule has 0 heterocycles. The lowest BCUT2D eigenvalue weighted by Crippen LogP contribution is -2.30. The number of hydrogen-bond acceptors (Lipinski definition) is 4. The highest BCUT2D eigenvalue weighted by Crippen LogP contribution is 2.15. The molecule has 2 N–H and O–H groups in total. The predicted molar refractivity (Wildman–Crippen MR) is 113 cm³/mol. The van der Waals surface area contributed by atoms with Crippen LogP contribution in [0.5, 0.6) is 5.75 Å². The number of hydrazone groups is 1. The van der Waals surface area contributed by atoms with E-state index < -0.39 is 0 Å². The van der Waals surface area contributed by atoms with Gasteiger partial charge in [0.05, 0.1) is 19.9 Å². The molecule has 0 unspecified atom stereocenters. The highest BCUT2D eigenvalue weighted by atomic mass is 32.1. The molecule has 0 bridgehead atoms. The van der Waals surface area contributed by atoms with Crippen LogP contribution in [0.2, 0.25) is 0 Å². The van der Waals surface area contributed by atoms with E-state index in [9.17, 15) is 0 Å². The highest BCUT2D eigenvalue weighted by molar-refractivity contribution is 7.80. The van der Waals surface area contributed by atoms with Gasteiger partial charge >= 0.3 is 0 Å². The van der Waals surface area contributed by atoms with E-state index in [0.29, 0.717) is 6.54 Å². The van der Waals surface area contributed by atoms with Gasteiger partial charge in [-0.15, -0.1) is 0 Å². The van der Waals surface area contributed by atoms with Crippen molar-refractivity contribution in [2.24, 2.45) is 10.8 Å². The van der Waals surface area contributed by atoms with Crippen LogP contribution in [0.15, 0.2) is 53.6 Å². The van der Waals surface area contributed by atoms with Crippen LogP contribution >= 0.6 is 12.2 Å². The molecule has 0 fully saturated rings. The van der Waals surface area contributed by atoms with E-state index in [1.54, 1.807) is 18.3 Å². The Labute approximate surface area is 161 Å². The van der Waals surface area contributed by atoms with Crippen molar-refractivity contribution in [2.45, 2.75) is 20.4 Å². The smallest absolute Gasteiger partial charge is 0.187 e. The summed E-state index contributed by atoms with van der Waals surface area (Å²) in [6.07, 6.45) is 1.77. The first-order chi connectivity index (χ1) is 12.6. The summed E-state index contributed by atoms with van der Waals surface area (Å²) >= 11 is 5.13. The molecule has 0 aromatic heterocycles. The first-order valence-corrected chi connectivity index (χ1v) is 9.07. The monoisotopic (exact) mass is 370 g/mol. The number of rotatable bonds is 8. The van der Waals surface area contributed by atoms with Gasteiger partial charge in [0.1, 0.15) is 5.75 Å². The molecule has 0 saturated carbocycles. The Morgan fingerprint density at radius 2 is 1.69 bits per heavy atom. The van der Waals surface area contributed by atoms with Gasteiger partial charge in [0.25, 0.3) is 0 Å². The summed E-state index contributed by atoms with van der Waals surface area (Å²) < 4.78 is 5.17. The highest BCUT2D eigenvalue weighted by Gasteiger charge is 2.06. The van der Waals surface area contributed by atoms with Crippen molar-refractivity contribution in [1.29, 1.82) is 0 Å². The topological polar surface area (TPSA) is 54.1 Å². The second kappa shape index (κ2) is 9.77. The van der Waals surface area contributed by atoms with E-state index in [1.807, 2.05) is 36.4 Å². The molecule has 0 radical (unpaired) electrons. The molecule has 0 spiro atoms. The minimum atomic E-state index is 0.233. The number of hydrogen-bond donors (Lipinski definition) is 1. The normalized spacial score (nSPS) is 10.7. The van der Waals surface area contributed by atoms with Gasteiger partial charge in [-0.05, 0) is 61.5 Å². The molecule has 6 heteroatoms. The average Bonchev–Trinajstić information content (AvgIpc) is 2.67. The maximum Gasteiger partial charge on any atom is 0.187 e. The lowest BCUT2D eigenvalue weighted by Gasteiger charge is -2.21. The largest absolute Gasteiger partial charge is 0.497 e. The van der Waals surface area contributed by atoms with E-state index in [4.69, 9.17) is 22.7 Å². The second-order valence-corrected chi connectivity index (χ2v) is 6.17. The molecule has 0 aliphatic heterocycles. The molecule has 2 rings (SSSR count). The molecule has 0 atom stereocenters. The summed E-state index contributed by atoms with van der Waals surface area (Å²) in [5, 5.41) is 6.28. The average molecular weight is 371 g/mol. The lowest BCUT2D eigenvalue weighted by atomic mass is 10.2. The minimum absolute atomic E-state index is 0.233. The fraction of sp³-hybridized carbons (Fsp3) is 0.300. The first kappa shape index (κ1) is 19.7. The van der Waals surface area contributed by atoms with E-state index in [0.717, 1.165) is 30.0 Å². The summed E-state index contributed by atoms with van der Waals surface area (Å²) in [5.41, 5.74) is 9.07. The van der Waals surface area contributed by atoms with Gasteiger partial charge in [0.2, 0.25) is 0 Å². The van der Waals surface area contributed by atoms with E-state index >= 15 is 0 Å². The Balaban J connectivity index is 2.07. The Morgan fingerprint density at radius 1 is 1.08 bits per heavy atom. The standard InChI is InChI=1S/C20H26N4OS/c1-4-23(5-2)18-10-6-16(7-11-18)14-22-24(20(21)26)15-17-8-12-19(25-3)13-9-17/h6-14H,4-5,15H2,1-3H3,(H2,21,26)/b22-14+. The number of nitrogens with zero attached hydrogens (tertiary/aromatic N) is 3. The number of thiocarbonyl (C=S) groups is 1. The molecule has 138 valence electrons. The molecular formula is C20H26N4OS. The summed E-state index contributed by atoms with van der Waals surface area (Å²) in [5.74, 6) is 0.812. The Morgan fingerprint density at radius 3 is 2.19 bits per heavy atom. The maximum atomic E-state index is 5.82. The third-order valence-corrected chi connectivity index (χ3v) is 4.32. The van der Waals surface area contributed by atoms with Gasteiger partial charge in [-0.25, -0.2) is 5.01 Å². The zero-order chi connectivity index (χ0) is 18.9. The molecule has 0 aliphatic rings. The van der Waals surface area contributed by atoms with Crippen LogP contribution in [0, 0.1) is 0 Å². The molecular weight excluding hydrogens is 344 g/mol. The zero-order valence-electron chi connectivity index (χ0n) is 15.6. The van der Waals surface area contributed by atoms with Crippen LogP contribution in [0.4, 0.5) is 5.69 Å². The molecule has 0 amide bonds. The first-order valence-electron chi connectivity index (χ1n) is 8.66. The summed E-state index contributed by atoms with van der Waals surface area (Å²) in [6, 6.07) is 16.0. The van der Waals surface area contributed by atoms with Crippen LogP contribution in [-0.4, -0.2) is 36.5 Å². The van der Waals surface area contributed by atoms with Crippen molar-refractivity contribution in [3.05, 3.63) is 59.7 Å². The van der Waals surface area contributed by atoms with Gasteiger partial charge in [-0.2, -0.15) is 5.10 Å². The van der Waals surface area contributed by atoms with Crippen molar-refractivity contribution >= 4 is 29.2 Å². The second-order valence-electron chi connectivity index (χ2n) is 5.75. The van der Waals surface area contributed by atoms with E-state index in [2.05, 4.69) is 36.0 Å². The summed E-state index contributed by atoms with van der Waals surface area (Å²) in [6.45, 7) is 6.78. The van der Waals surface area contributed by atoms with Crippen LogP contribution in [0.3, 0.4) is 0 Å². The van der Waals surface area contributed by atoms with Gasteiger partial charge in [-0.1, -0.05) is 24.3 Å². The molecule has 0 aliphatic carbocycles. The number of ether oxygens (including phenoxy) is 1. The molecule has 5 nitrogen and oxygen atoms in total. The molecule has 2 aromatic carbocycles. The Bertz CT molecular complexity index is 724. The molecule has 26 heavy (non-hydrogen) atoms. The van der Waals surface area contributed by atoms with Gasteiger partial charge < -0.3 is 15.4 Å². The number of benzene rings is 2.